The lowest BCUT2D eigenvalue weighted by Gasteiger charge is -2.19. The minimum atomic E-state index is 0.251. The molecule has 0 unspecified atom stereocenters. The van der Waals surface area contributed by atoms with E-state index in [9.17, 15) is 4.79 Å². The predicted octanol–water partition coefficient (Wildman–Crippen LogP) is 2.16. The minimum Gasteiger partial charge on any atom is -0.294 e. The number of Topliss-reactive ketones (excluding diaryl/α,β-unsaturated/α-hetero) is 1. The molecule has 1 aliphatic rings. The molecule has 0 aliphatic heterocycles. The molecule has 1 aromatic rings. The summed E-state index contributed by atoms with van der Waals surface area (Å²) in [5.74, 6) is 0.704. The molecule has 2 nitrogen and oxygen atoms in total. The molecule has 0 N–H and O–H groups in total. The zero-order valence-corrected chi connectivity index (χ0v) is 8.00. The van der Waals surface area contributed by atoms with Crippen LogP contribution in [0.2, 0.25) is 0 Å². The molecule has 0 spiro atoms. The number of nitrogens with zero attached hydrogens (tertiary/aromatic N) is 1. The normalized spacial score (nSPS) is 21.4. The number of hydrogen-bond donors (Lipinski definition) is 0. The van der Waals surface area contributed by atoms with E-state index < -0.39 is 0 Å². The number of carbonyl (C=O) groups excluding carboxylic acids is 1. The van der Waals surface area contributed by atoms with Crippen molar-refractivity contribution in [2.24, 2.45) is 5.92 Å². The standard InChI is InChI=1S/C11H13NO/c1-7-5-10-9(11(13)6-7)4-3-8(2)12-10/h3-4,7H,5-6H2,1-2H3/t7-/m1/s1. The molecule has 0 fully saturated rings. The van der Waals surface area contributed by atoms with Crippen molar-refractivity contribution in [1.29, 1.82) is 0 Å². The van der Waals surface area contributed by atoms with Crippen LogP contribution < -0.4 is 0 Å². The van der Waals surface area contributed by atoms with Crippen LogP contribution >= 0.6 is 0 Å². The van der Waals surface area contributed by atoms with E-state index in [1.54, 1.807) is 0 Å². The van der Waals surface area contributed by atoms with E-state index in [-0.39, 0.29) is 5.78 Å². The van der Waals surface area contributed by atoms with Crippen molar-refractivity contribution in [1.82, 2.24) is 4.98 Å². The van der Waals surface area contributed by atoms with Crippen LogP contribution in [-0.4, -0.2) is 10.8 Å². The first kappa shape index (κ1) is 8.42. The molecule has 0 bridgehead atoms. The second kappa shape index (κ2) is 2.95. The zero-order valence-electron chi connectivity index (χ0n) is 8.00. The third-order valence-electron chi connectivity index (χ3n) is 2.49. The van der Waals surface area contributed by atoms with Crippen LogP contribution in [0.4, 0.5) is 0 Å². The average molecular weight is 175 g/mol. The summed E-state index contributed by atoms with van der Waals surface area (Å²) in [6.45, 7) is 4.06. The molecule has 68 valence electrons. The van der Waals surface area contributed by atoms with Crippen molar-refractivity contribution in [3.05, 3.63) is 29.1 Å². The number of aromatic nitrogens is 1. The predicted molar refractivity (Wildman–Crippen MR) is 50.8 cm³/mol. The van der Waals surface area contributed by atoms with E-state index in [4.69, 9.17) is 0 Å². The summed E-state index contributed by atoms with van der Waals surface area (Å²) in [6, 6.07) is 3.82. The molecule has 2 heteroatoms. The van der Waals surface area contributed by atoms with Gasteiger partial charge in [0.15, 0.2) is 5.78 Å². The van der Waals surface area contributed by atoms with E-state index in [0.717, 1.165) is 23.4 Å². The Hall–Kier alpha value is -1.18. The molecule has 13 heavy (non-hydrogen) atoms. The Kier molecular flexibility index (Phi) is 1.91. The number of rotatable bonds is 0. The van der Waals surface area contributed by atoms with Gasteiger partial charge in [-0.2, -0.15) is 0 Å². The molecule has 0 radical (unpaired) electrons. The van der Waals surface area contributed by atoms with Crippen molar-refractivity contribution >= 4 is 5.78 Å². The lowest BCUT2D eigenvalue weighted by molar-refractivity contribution is 0.0952. The molecule has 0 saturated carbocycles. The van der Waals surface area contributed by atoms with Crippen molar-refractivity contribution in [3.63, 3.8) is 0 Å². The van der Waals surface area contributed by atoms with Crippen molar-refractivity contribution in [2.75, 3.05) is 0 Å². The molecular formula is C11H13NO. The monoisotopic (exact) mass is 175 g/mol. The number of pyridine rings is 1. The molecule has 1 aromatic heterocycles. The maximum absolute atomic E-state index is 11.6. The highest BCUT2D eigenvalue weighted by Crippen LogP contribution is 2.23. The van der Waals surface area contributed by atoms with Crippen LogP contribution in [-0.2, 0) is 6.42 Å². The molecular weight excluding hydrogens is 162 g/mol. The number of ketones is 1. The van der Waals surface area contributed by atoms with E-state index in [2.05, 4.69) is 11.9 Å². The van der Waals surface area contributed by atoms with Crippen LogP contribution in [0, 0.1) is 12.8 Å². The van der Waals surface area contributed by atoms with Gasteiger partial charge in [0.25, 0.3) is 0 Å². The van der Waals surface area contributed by atoms with Crippen LogP contribution in [0.1, 0.15) is 35.1 Å². The summed E-state index contributed by atoms with van der Waals surface area (Å²) in [7, 11) is 0. The number of hydrogen-bond acceptors (Lipinski definition) is 2. The van der Waals surface area contributed by atoms with Gasteiger partial charge in [0.1, 0.15) is 0 Å². The molecule has 1 heterocycles. The second-order valence-electron chi connectivity index (χ2n) is 3.88. The fourth-order valence-electron chi connectivity index (χ4n) is 1.85. The highest BCUT2D eigenvalue weighted by molar-refractivity contribution is 5.98. The molecule has 1 atom stereocenters. The highest BCUT2D eigenvalue weighted by Gasteiger charge is 2.22. The summed E-state index contributed by atoms with van der Waals surface area (Å²) >= 11 is 0. The smallest absolute Gasteiger partial charge is 0.164 e. The Bertz CT molecular complexity index is 357. The summed E-state index contributed by atoms with van der Waals surface area (Å²) in [4.78, 5) is 16.0. The Morgan fingerprint density at radius 2 is 2.15 bits per heavy atom. The molecule has 2 rings (SSSR count). The van der Waals surface area contributed by atoms with E-state index in [1.165, 1.54) is 0 Å². The maximum Gasteiger partial charge on any atom is 0.164 e. The van der Waals surface area contributed by atoms with Gasteiger partial charge in [0.2, 0.25) is 0 Å². The molecule has 1 aliphatic carbocycles. The van der Waals surface area contributed by atoms with Gasteiger partial charge in [-0.3, -0.25) is 9.78 Å². The number of aryl methyl sites for hydroxylation is 1. The van der Waals surface area contributed by atoms with Crippen LogP contribution in [0.15, 0.2) is 12.1 Å². The highest BCUT2D eigenvalue weighted by atomic mass is 16.1. The summed E-state index contributed by atoms with van der Waals surface area (Å²) in [5, 5.41) is 0. The summed E-state index contributed by atoms with van der Waals surface area (Å²) in [6.07, 6.45) is 1.63. The maximum atomic E-state index is 11.6. The van der Waals surface area contributed by atoms with E-state index in [0.29, 0.717) is 12.3 Å². The van der Waals surface area contributed by atoms with Crippen LogP contribution in [0.25, 0.3) is 0 Å². The van der Waals surface area contributed by atoms with Gasteiger partial charge >= 0.3 is 0 Å². The fraction of sp³-hybridized carbons (Fsp3) is 0.455. The van der Waals surface area contributed by atoms with Gasteiger partial charge in [0.05, 0.1) is 5.69 Å². The first-order valence-electron chi connectivity index (χ1n) is 4.66. The van der Waals surface area contributed by atoms with Crippen molar-refractivity contribution < 1.29 is 4.79 Å². The zero-order chi connectivity index (χ0) is 9.42. The van der Waals surface area contributed by atoms with Gasteiger partial charge in [-0.25, -0.2) is 0 Å². The first-order valence-corrected chi connectivity index (χ1v) is 4.66. The van der Waals surface area contributed by atoms with E-state index >= 15 is 0 Å². The summed E-state index contributed by atoms with van der Waals surface area (Å²) < 4.78 is 0. The molecule has 0 aromatic carbocycles. The third-order valence-corrected chi connectivity index (χ3v) is 2.49. The summed E-state index contributed by atoms with van der Waals surface area (Å²) in [5.41, 5.74) is 2.83. The quantitative estimate of drug-likeness (QED) is 0.604. The van der Waals surface area contributed by atoms with Gasteiger partial charge < -0.3 is 0 Å². The SMILES string of the molecule is Cc1ccc2c(n1)C[C@@H](C)CC2=O. The van der Waals surface area contributed by atoms with Crippen LogP contribution in [0.3, 0.4) is 0 Å². The lowest BCUT2D eigenvalue weighted by Crippen LogP contribution is -2.19. The Morgan fingerprint density at radius 3 is 2.92 bits per heavy atom. The molecule has 0 amide bonds. The molecule has 0 saturated heterocycles. The Morgan fingerprint density at radius 1 is 1.38 bits per heavy atom. The van der Waals surface area contributed by atoms with Gasteiger partial charge in [-0.1, -0.05) is 6.92 Å². The van der Waals surface area contributed by atoms with Crippen LogP contribution in [0.5, 0.6) is 0 Å². The first-order chi connectivity index (χ1) is 6.16. The average Bonchev–Trinajstić information content (AvgIpc) is 2.02. The van der Waals surface area contributed by atoms with Gasteiger partial charge in [-0.05, 0) is 31.4 Å². The number of carbonyl (C=O) groups is 1. The second-order valence-corrected chi connectivity index (χ2v) is 3.88. The van der Waals surface area contributed by atoms with Gasteiger partial charge in [0, 0.05) is 17.7 Å². The number of fused-ring (bicyclic) bond motifs is 1. The Labute approximate surface area is 78.0 Å². The lowest BCUT2D eigenvalue weighted by atomic mass is 9.87. The van der Waals surface area contributed by atoms with Crippen molar-refractivity contribution in [2.45, 2.75) is 26.7 Å². The fourth-order valence-corrected chi connectivity index (χ4v) is 1.85. The van der Waals surface area contributed by atoms with Crippen molar-refractivity contribution in [3.8, 4) is 0 Å². The third kappa shape index (κ3) is 1.48. The van der Waals surface area contributed by atoms with E-state index in [1.807, 2.05) is 19.1 Å². The largest absolute Gasteiger partial charge is 0.294 e. The Balaban J connectivity index is 2.49. The topological polar surface area (TPSA) is 30.0 Å². The minimum absolute atomic E-state index is 0.251. The van der Waals surface area contributed by atoms with Gasteiger partial charge in [-0.15, -0.1) is 0 Å².